The highest BCUT2D eigenvalue weighted by Crippen LogP contribution is 1.84. The summed E-state index contributed by atoms with van der Waals surface area (Å²) in [6.07, 6.45) is 0. The molecule has 0 aromatic heterocycles. The monoisotopic (exact) mass is 108 g/mol. The fourth-order valence-electron chi connectivity index (χ4n) is 0. The minimum Gasteiger partial charge on any atom is -0.400 e. The summed E-state index contributed by atoms with van der Waals surface area (Å²) < 4.78 is 4.50. The molecule has 0 radical (unpaired) electrons. The zero-order chi connectivity index (χ0) is 6.12. The van der Waals surface area contributed by atoms with E-state index in [0.717, 1.165) is 27.4 Å². The average molecular weight is 108 g/mol. The van der Waals surface area contributed by atoms with Crippen molar-refractivity contribution in [3.05, 3.63) is 0 Å². The van der Waals surface area contributed by atoms with E-state index in [2.05, 4.69) is 4.74 Å². The number of epoxide rings is 1. The summed E-state index contributed by atoms with van der Waals surface area (Å²) in [6, 6.07) is 0. The third-order valence-corrected chi connectivity index (χ3v) is 0.204. The zero-order valence-corrected chi connectivity index (χ0v) is 4.72. The van der Waals surface area contributed by atoms with Gasteiger partial charge in [0.2, 0.25) is 0 Å². The van der Waals surface area contributed by atoms with E-state index in [1.165, 1.54) is 0 Å². The molecule has 3 heteroatoms. The van der Waals surface area contributed by atoms with Crippen molar-refractivity contribution in [3.63, 3.8) is 0 Å². The van der Waals surface area contributed by atoms with E-state index in [-0.39, 0.29) is 0 Å². The molecule has 0 spiro atoms. The van der Waals surface area contributed by atoms with Crippen molar-refractivity contribution in [3.8, 4) is 0 Å². The van der Waals surface area contributed by atoms with Gasteiger partial charge in [0.25, 0.3) is 0 Å². The molecule has 1 rings (SSSR count). The smallest absolute Gasteiger partial charge is 0.0701 e. The Hall–Kier alpha value is -0.120. The fraction of sp³-hybridized carbons (Fsp3) is 1.00. The molecule has 7 heavy (non-hydrogen) atoms. The third kappa shape index (κ3) is 114. The lowest BCUT2D eigenvalue weighted by atomic mass is 11.0. The zero-order valence-electron chi connectivity index (χ0n) is 4.72. The van der Waals surface area contributed by atoms with Gasteiger partial charge in [0.15, 0.2) is 0 Å². The van der Waals surface area contributed by atoms with E-state index in [4.69, 9.17) is 10.2 Å². The molecule has 2 N–H and O–H groups in total. The molecule has 0 bridgehead atoms. The number of hydrogen-bond acceptors (Lipinski definition) is 3. The normalized spacial score (nSPS) is 12.0. The summed E-state index contributed by atoms with van der Waals surface area (Å²) in [6.45, 7) is 2.00. The molecule has 1 aliphatic rings. The Morgan fingerprint density at radius 3 is 1.14 bits per heavy atom. The summed E-state index contributed by atoms with van der Waals surface area (Å²) in [4.78, 5) is 0. The van der Waals surface area contributed by atoms with Gasteiger partial charge in [-0.15, -0.1) is 0 Å². The third-order valence-electron chi connectivity index (χ3n) is 0.204. The highest BCUT2D eigenvalue weighted by atomic mass is 16.6. The van der Waals surface area contributed by atoms with Crippen LogP contribution < -0.4 is 0 Å². The van der Waals surface area contributed by atoms with E-state index < -0.39 is 0 Å². The highest BCUT2D eigenvalue weighted by Gasteiger charge is 1.94. The van der Waals surface area contributed by atoms with Crippen LogP contribution in [-0.4, -0.2) is 37.6 Å². The standard InChI is InChI=1S/C2H4O.2CH4O/c1-2-3-1;2*1-2/h1-2H2;2*2H,1H3. The Morgan fingerprint density at radius 1 is 1.00 bits per heavy atom. The lowest BCUT2D eigenvalue weighted by molar-refractivity contribution is 0.399. The lowest BCUT2D eigenvalue weighted by Crippen LogP contribution is -1.25. The van der Waals surface area contributed by atoms with Crippen molar-refractivity contribution < 1.29 is 14.9 Å². The SMILES string of the molecule is C1CO1.CO.CO. The molecule has 1 saturated heterocycles. The van der Waals surface area contributed by atoms with Crippen LogP contribution in [0.1, 0.15) is 0 Å². The second-order valence-electron chi connectivity index (χ2n) is 0.612. The molecule has 46 valence electrons. The van der Waals surface area contributed by atoms with Gasteiger partial charge in [-0.2, -0.15) is 0 Å². The van der Waals surface area contributed by atoms with Crippen LogP contribution >= 0.6 is 0 Å². The quantitative estimate of drug-likeness (QED) is 0.401. The van der Waals surface area contributed by atoms with Gasteiger partial charge in [-0.1, -0.05) is 0 Å². The fourth-order valence-corrected chi connectivity index (χ4v) is 0. The van der Waals surface area contributed by atoms with Gasteiger partial charge in [-0.05, 0) is 0 Å². The maximum Gasteiger partial charge on any atom is 0.0701 e. The Bertz CT molecular complexity index is 11.7. The average Bonchev–Trinajstić information content (AvgIpc) is 2.58. The van der Waals surface area contributed by atoms with E-state index in [1.807, 2.05) is 0 Å². The minimum absolute atomic E-state index is 1.00. The summed E-state index contributed by atoms with van der Waals surface area (Å²) in [7, 11) is 2.00. The molecule has 0 aliphatic carbocycles. The van der Waals surface area contributed by atoms with Gasteiger partial charge in [0, 0.05) is 14.2 Å². The van der Waals surface area contributed by atoms with Crippen molar-refractivity contribution in [2.45, 2.75) is 0 Å². The molecule has 0 unspecified atom stereocenters. The molecule has 1 heterocycles. The summed E-state index contributed by atoms with van der Waals surface area (Å²) in [5.74, 6) is 0. The van der Waals surface area contributed by atoms with Crippen molar-refractivity contribution in [1.29, 1.82) is 0 Å². The first kappa shape index (κ1) is 9.99. The molecule has 0 aromatic carbocycles. The Balaban J connectivity index is 0. The van der Waals surface area contributed by atoms with Gasteiger partial charge < -0.3 is 14.9 Å². The Kier molecular flexibility index (Phi) is 24.1. The van der Waals surface area contributed by atoms with Crippen LogP contribution in [0.15, 0.2) is 0 Å². The summed E-state index contributed by atoms with van der Waals surface area (Å²) >= 11 is 0. The second kappa shape index (κ2) is 16.9. The van der Waals surface area contributed by atoms with E-state index in [1.54, 1.807) is 0 Å². The molecule has 0 atom stereocenters. The van der Waals surface area contributed by atoms with Crippen LogP contribution in [0.2, 0.25) is 0 Å². The largest absolute Gasteiger partial charge is 0.400 e. The van der Waals surface area contributed by atoms with Crippen molar-refractivity contribution in [2.24, 2.45) is 0 Å². The van der Waals surface area contributed by atoms with Gasteiger partial charge in [-0.3, -0.25) is 0 Å². The number of hydrogen-bond donors (Lipinski definition) is 2. The number of ether oxygens (including phenoxy) is 1. The van der Waals surface area contributed by atoms with Gasteiger partial charge >= 0.3 is 0 Å². The first-order valence-electron chi connectivity index (χ1n) is 1.97. The number of aliphatic hydroxyl groups is 2. The van der Waals surface area contributed by atoms with Crippen LogP contribution in [0, 0.1) is 0 Å². The van der Waals surface area contributed by atoms with Crippen LogP contribution in [-0.2, 0) is 4.74 Å². The van der Waals surface area contributed by atoms with E-state index in [0.29, 0.717) is 0 Å². The number of rotatable bonds is 0. The predicted octanol–water partition coefficient (Wildman–Crippen LogP) is -0.766. The second-order valence-corrected chi connectivity index (χ2v) is 0.612. The van der Waals surface area contributed by atoms with Crippen LogP contribution in [0.5, 0.6) is 0 Å². The van der Waals surface area contributed by atoms with Crippen LogP contribution in [0.4, 0.5) is 0 Å². The first-order valence-corrected chi connectivity index (χ1v) is 1.97. The molecule has 0 saturated carbocycles. The first-order chi connectivity index (χ1) is 3.50. The van der Waals surface area contributed by atoms with E-state index in [9.17, 15) is 0 Å². The summed E-state index contributed by atoms with van der Waals surface area (Å²) in [5.41, 5.74) is 0. The topological polar surface area (TPSA) is 53.0 Å². The highest BCUT2D eigenvalue weighted by molar-refractivity contribution is 4.36. The van der Waals surface area contributed by atoms with Crippen molar-refractivity contribution in [2.75, 3.05) is 27.4 Å². The maximum absolute atomic E-state index is 7.00. The van der Waals surface area contributed by atoms with E-state index >= 15 is 0 Å². The molecular formula is C4H12O3. The predicted molar refractivity (Wildman–Crippen MR) is 27.1 cm³/mol. The Labute approximate surface area is 43.5 Å². The minimum atomic E-state index is 1.00. The van der Waals surface area contributed by atoms with Crippen LogP contribution in [0.3, 0.4) is 0 Å². The molecule has 0 aromatic rings. The number of aliphatic hydroxyl groups excluding tert-OH is 2. The molecule has 1 aliphatic heterocycles. The van der Waals surface area contributed by atoms with Crippen molar-refractivity contribution >= 4 is 0 Å². The maximum atomic E-state index is 7.00. The van der Waals surface area contributed by atoms with Gasteiger partial charge in [0.05, 0.1) is 13.2 Å². The van der Waals surface area contributed by atoms with Crippen molar-refractivity contribution in [1.82, 2.24) is 0 Å². The molecular weight excluding hydrogens is 96.0 g/mol. The molecule has 3 nitrogen and oxygen atoms in total. The summed E-state index contributed by atoms with van der Waals surface area (Å²) in [5, 5.41) is 14.0. The Morgan fingerprint density at radius 2 is 1.14 bits per heavy atom. The van der Waals surface area contributed by atoms with Gasteiger partial charge in [-0.25, -0.2) is 0 Å². The van der Waals surface area contributed by atoms with Crippen LogP contribution in [0.25, 0.3) is 0 Å². The lowest BCUT2D eigenvalue weighted by Gasteiger charge is -1.24. The molecule has 1 fully saturated rings. The molecule has 0 amide bonds. The van der Waals surface area contributed by atoms with Gasteiger partial charge in [0.1, 0.15) is 0 Å².